The van der Waals surface area contributed by atoms with Crippen molar-refractivity contribution in [1.29, 1.82) is 0 Å². The first kappa shape index (κ1) is 22.8. The summed E-state index contributed by atoms with van der Waals surface area (Å²) in [5, 5.41) is 32.0. The summed E-state index contributed by atoms with van der Waals surface area (Å²) in [5.41, 5.74) is 0.983. The maximum Gasteiger partial charge on any atom is 0.102 e. The standard InChI is InChI=1S/C27H46O3/c1-16(2)7-6-8-17(3)19-11-12-20-18-9-10-22-25(30)23(28)15-24(29)27(22,5)21(18)13-14-26(19,20)4/h10,16-21,23-25,28-30H,6-9,11-15H2,1-5H3. The van der Waals surface area contributed by atoms with Crippen LogP contribution in [0.15, 0.2) is 11.6 Å². The molecule has 0 aliphatic heterocycles. The molecule has 4 aliphatic rings. The van der Waals surface area contributed by atoms with Gasteiger partial charge in [0.05, 0.1) is 12.2 Å². The van der Waals surface area contributed by atoms with Crippen LogP contribution in [0, 0.1) is 46.3 Å². The first-order chi connectivity index (χ1) is 14.1. The van der Waals surface area contributed by atoms with E-state index in [0.717, 1.165) is 42.1 Å². The van der Waals surface area contributed by atoms with Gasteiger partial charge in [-0.05, 0) is 78.6 Å². The average molecular weight is 419 g/mol. The zero-order valence-corrected chi connectivity index (χ0v) is 20.0. The van der Waals surface area contributed by atoms with Gasteiger partial charge in [-0.1, -0.05) is 60.0 Å². The number of hydrogen-bond acceptors (Lipinski definition) is 3. The first-order valence-electron chi connectivity index (χ1n) is 12.8. The molecule has 10 unspecified atom stereocenters. The zero-order chi connectivity index (χ0) is 21.8. The van der Waals surface area contributed by atoms with Gasteiger partial charge >= 0.3 is 0 Å². The van der Waals surface area contributed by atoms with Crippen LogP contribution in [0.5, 0.6) is 0 Å². The predicted octanol–water partition coefficient (Wildman–Crippen LogP) is 5.33. The largest absolute Gasteiger partial charge is 0.392 e. The molecule has 0 aromatic carbocycles. The van der Waals surface area contributed by atoms with Crippen molar-refractivity contribution in [3.63, 3.8) is 0 Å². The molecule has 0 aromatic heterocycles. The number of rotatable bonds is 5. The van der Waals surface area contributed by atoms with E-state index < -0.39 is 18.3 Å². The van der Waals surface area contributed by atoms with Gasteiger partial charge in [0.1, 0.15) is 6.10 Å². The van der Waals surface area contributed by atoms with E-state index in [4.69, 9.17) is 0 Å². The maximum absolute atomic E-state index is 11.1. The van der Waals surface area contributed by atoms with Crippen LogP contribution in [0.25, 0.3) is 0 Å². The highest BCUT2D eigenvalue weighted by atomic mass is 16.3. The fourth-order valence-corrected chi connectivity index (χ4v) is 8.77. The Kier molecular flexibility index (Phi) is 6.23. The number of fused-ring (bicyclic) bond motifs is 5. The molecule has 30 heavy (non-hydrogen) atoms. The predicted molar refractivity (Wildman–Crippen MR) is 122 cm³/mol. The molecule has 0 aromatic rings. The lowest BCUT2D eigenvalue weighted by molar-refractivity contribution is -0.132. The lowest BCUT2D eigenvalue weighted by Crippen LogP contribution is -2.59. The summed E-state index contributed by atoms with van der Waals surface area (Å²) in [7, 11) is 0. The lowest BCUT2D eigenvalue weighted by atomic mass is 9.46. The van der Waals surface area contributed by atoms with E-state index in [1.165, 1.54) is 38.5 Å². The third-order valence-electron chi connectivity index (χ3n) is 10.5. The Bertz CT molecular complexity index is 656. The molecule has 10 atom stereocenters. The molecule has 0 spiro atoms. The van der Waals surface area contributed by atoms with E-state index in [1.807, 2.05) is 0 Å². The quantitative estimate of drug-likeness (QED) is 0.529. The Morgan fingerprint density at radius 2 is 1.73 bits per heavy atom. The maximum atomic E-state index is 11.1. The highest BCUT2D eigenvalue weighted by Crippen LogP contribution is 2.67. The molecule has 3 saturated carbocycles. The van der Waals surface area contributed by atoms with E-state index >= 15 is 0 Å². The van der Waals surface area contributed by atoms with Gasteiger partial charge in [-0.25, -0.2) is 0 Å². The Labute approximate surface area is 184 Å². The van der Waals surface area contributed by atoms with Crippen LogP contribution in [0.2, 0.25) is 0 Å². The van der Waals surface area contributed by atoms with E-state index in [2.05, 4.69) is 40.7 Å². The number of aliphatic hydroxyl groups excluding tert-OH is 3. The van der Waals surface area contributed by atoms with Gasteiger partial charge < -0.3 is 15.3 Å². The minimum absolute atomic E-state index is 0.301. The van der Waals surface area contributed by atoms with Crippen molar-refractivity contribution in [2.75, 3.05) is 0 Å². The molecule has 0 radical (unpaired) electrons. The summed E-state index contributed by atoms with van der Waals surface area (Å²) in [5.74, 6) is 4.22. The van der Waals surface area contributed by atoms with Crippen molar-refractivity contribution in [2.24, 2.45) is 46.3 Å². The molecule has 0 heterocycles. The second kappa shape index (κ2) is 8.19. The van der Waals surface area contributed by atoms with Crippen molar-refractivity contribution in [2.45, 2.75) is 111 Å². The third kappa shape index (κ3) is 3.42. The van der Waals surface area contributed by atoms with Gasteiger partial charge in [-0.3, -0.25) is 0 Å². The van der Waals surface area contributed by atoms with Crippen LogP contribution in [0.3, 0.4) is 0 Å². The monoisotopic (exact) mass is 418 g/mol. The summed E-state index contributed by atoms with van der Waals surface area (Å²) in [4.78, 5) is 0. The van der Waals surface area contributed by atoms with Crippen LogP contribution in [0.1, 0.15) is 92.4 Å². The minimum atomic E-state index is -0.827. The molecule has 3 heteroatoms. The summed E-state index contributed by atoms with van der Waals surface area (Å²) < 4.78 is 0. The second-order valence-electron chi connectivity index (χ2n) is 12.3. The summed E-state index contributed by atoms with van der Waals surface area (Å²) in [6.45, 7) is 11.9. The zero-order valence-electron chi connectivity index (χ0n) is 20.0. The number of hydrogen-bond donors (Lipinski definition) is 3. The van der Waals surface area contributed by atoms with E-state index in [-0.39, 0.29) is 5.41 Å². The Morgan fingerprint density at radius 3 is 2.43 bits per heavy atom. The molecule has 3 nitrogen and oxygen atoms in total. The van der Waals surface area contributed by atoms with Gasteiger partial charge in [0.15, 0.2) is 0 Å². The average Bonchev–Trinajstić information content (AvgIpc) is 3.03. The Hall–Kier alpha value is -0.380. The first-order valence-corrected chi connectivity index (χ1v) is 12.8. The van der Waals surface area contributed by atoms with Gasteiger partial charge in [-0.15, -0.1) is 0 Å². The smallest absolute Gasteiger partial charge is 0.102 e. The molecule has 4 aliphatic carbocycles. The molecular weight excluding hydrogens is 372 g/mol. The topological polar surface area (TPSA) is 60.7 Å². The van der Waals surface area contributed by atoms with E-state index in [9.17, 15) is 15.3 Å². The van der Waals surface area contributed by atoms with Crippen LogP contribution in [0.4, 0.5) is 0 Å². The van der Waals surface area contributed by atoms with Gasteiger partial charge in [0, 0.05) is 11.8 Å². The number of allylic oxidation sites excluding steroid dienone is 1. The van der Waals surface area contributed by atoms with Crippen molar-refractivity contribution in [3.05, 3.63) is 11.6 Å². The van der Waals surface area contributed by atoms with Gasteiger partial charge in [0.25, 0.3) is 0 Å². The fraction of sp³-hybridized carbons (Fsp3) is 0.926. The molecule has 3 fully saturated rings. The third-order valence-corrected chi connectivity index (χ3v) is 10.5. The lowest BCUT2D eigenvalue weighted by Gasteiger charge is -2.60. The molecule has 0 bridgehead atoms. The molecule has 4 rings (SSSR count). The van der Waals surface area contributed by atoms with Crippen molar-refractivity contribution in [3.8, 4) is 0 Å². The normalized spacial score (nSPS) is 49.2. The van der Waals surface area contributed by atoms with Crippen molar-refractivity contribution >= 4 is 0 Å². The second-order valence-corrected chi connectivity index (χ2v) is 12.3. The van der Waals surface area contributed by atoms with Gasteiger partial charge in [0.2, 0.25) is 0 Å². The van der Waals surface area contributed by atoms with Crippen LogP contribution >= 0.6 is 0 Å². The van der Waals surface area contributed by atoms with E-state index in [1.54, 1.807) is 0 Å². The van der Waals surface area contributed by atoms with Crippen molar-refractivity contribution in [1.82, 2.24) is 0 Å². The minimum Gasteiger partial charge on any atom is -0.392 e. The molecular formula is C27H46O3. The highest BCUT2D eigenvalue weighted by molar-refractivity contribution is 5.31. The van der Waals surface area contributed by atoms with Crippen LogP contribution in [-0.4, -0.2) is 33.6 Å². The fourth-order valence-electron chi connectivity index (χ4n) is 8.77. The molecule has 172 valence electrons. The Balaban J connectivity index is 1.54. The van der Waals surface area contributed by atoms with Crippen LogP contribution in [-0.2, 0) is 0 Å². The summed E-state index contributed by atoms with van der Waals surface area (Å²) in [6, 6.07) is 0. The van der Waals surface area contributed by atoms with Crippen molar-refractivity contribution < 1.29 is 15.3 Å². The molecule has 3 N–H and O–H groups in total. The summed E-state index contributed by atoms with van der Waals surface area (Å²) >= 11 is 0. The summed E-state index contributed by atoms with van der Waals surface area (Å²) in [6.07, 6.45) is 10.5. The SMILES string of the molecule is CC(C)CCCC(C)C1CCC2C3CC=C4C(O)C(O)CC(O)C4(C)C3CCC12C. The van der Waals surface area contributed by atoms with E-state index in [0.29, 0.717) is 23.7 Å². The molecule has 0 saturated heterocycles. The van der Waals surface area contributed by atoms with Gasteiger partial charge in [-0.2, -0.15) is 0 Å². The highest BCUT2D eigenvalue weighted by Gasteiger charge is 2.62. The Morgan fingerprint density at radius 1 is 1.00 bits per heavy atom. The number of aliphatic hydroxyl groups is 3. The molecule has 0 amide bonds. The van der Waals surface area contributed by atoms with Crippen LogP contribution < -0.4 is 0 Å².